The second kappa shape index (κ2) is 3.85. The summed E-state index contributed by atoms with van der Waals surface area (Å²) >= 11 is 0. The van der Waals surface area contributed by atoms with Crippen LogP contribution in [0.5, 0.6) is 0 Å². The maximum atomic E-state index is 5.36. The molecule has 0 radical (unpaired) electrons. The molecule has 0 aromatic carbocycles. The lowest BCUT2D eigenvalue weighted by Gasteiger charge is -2.18. The minimum absolute atomic E-state index is 0.402. The largest absolute Gasteiger partial charge is 0.359 e. The zero-order chi connectivity index (χ0) is 11.8. The first kappa shape index (κ1) is 10.3. The van der Waals surface area contributed by atoms with Crippen LogP contribution in [-0.4, -0.2) is 33.8 Å². The molecule has 0 spiro atoms. The Morgan fingerprint density at radius 3 is 3.06 bits per heavy atom. The number of nitrogens with two attached hydrogens (primary N) is 1. The molecule has 2 heterocycles. The molecule has 1 saturated carbocycles. The number of anilines is 2. The van der Waals surface area contributed by atoms with Gasteiger partial charge in [0.2, 0.25) is 5.95 Å². The Morgan fingerprint density at radius 2 is 2.35 bits per heavy atom. The normalized spacial score (nSPS) is 15.2. The van der Waals surface area contributed by atoms with Crippen molar-refractivity contribution in [3.8, 4) is 0 Å². The Labute approximate surface area is 98.4 Å². The first-order valence-corrected chi connectivity index (χ1v) is 5.67. The van der Waals surface area contributed by atoms with Crippen molar-refractivity contribution >= 4 is 22.8 Å². The van der Waals surface area contributed by atoms with Crippen LogP contribution in [0.3, 0.4) is 0 Å². The first-order chi connectivity index (χ1) is 8.28. The number of hydrogen-bond donors (Lipinski definition) is 3. The van der Waals surface area contributed by atoms with Crippen LogP contribution < -0.4 is 16.2 Å². The minimum atomic E-state index is 0.402. The summed E-state index contributed by atoms with van der Waals surface area (Å²) in [5.74, 6) is 7.43. The fourth-order valence-electron chi connectivity index (χ4n) is 1.95. The number of nitrogen functional groups attached to an aromatic ring is 1. The monoisotopic (exact) mass is 233 g/mol. The van der Waals surface area contributed by atoms with Gasteiger partial charge in [-0.15, -0.1) is 0 Å². The van der Waals surface area contributed by atoms with Gasteiger partial charge >= 0.3 is 0 Å². The summed E-state index contributed by atoms with van der Waals surface area (Å²) in [6, 6.07) is 0. The predicted octanol–water partition coefficient (Wildman–Crippen LogP) is 0.485. The topological polar surface area (TPSA) is 95.8 Å². The van der Waals surface area contributed by atoms with Gasteiger partial charge in [-0.1, -0.05) is 0 Å². The van der Waals surface area contributed by atoms with E-state index in [0.717, 1.165) is 23.7 Å². The van der Waals surface area contributed by atoms with Crippen LogP contribution in [0, 0.1) is 5.92 Å². The molecule has 0 unspecified atom stereocenters. The van der Waals surface area contributed by atoms with Crippen molar-refractivity contribution in [2.45, 2.75) is 12.8 Å². The molecule has 2 aromatic heterocycles. The molecule has 0 saturated heterocycles. The summed E-state index contributed by atoms with van der Waals surface area (Å²) in [5.41, 5.74) is 3.18. The van der Waals surface area contributed by atoms with Crippen LogP contribution in [0.2, 0.25) is 0 Å². The van der Waals surface area contributed by atoms with E-state index in [4.69, 9.17) is 5.84 Å². The summed E-state index contributed by atoms with van der Waals surface area (Å²) in [7, 11) is 2.04. The van der Waals surface area contributed by atoms with Gasteiger partial charge in [-0.3, -0.25) is 10.5 Å². The van der Waals surface area contributed by atoms with E-state index in [-0.39, 0.29) is 0 Å². The van der Waals surface area contributed by atoms with Crippen molar-refractivity contribution in [1.29, 1.82) is 0 Å². The standard InChI is InChI=1S/C10H15N7/c1-17(5-6-2-3-6)9-7-4-12-16-8(7)13-10(14-9)15-11/h4,6H,2-3,5,11H2,1H3,(H2,12,13,14,15,16). The van der Waals surface area contributed by atoms with Gasteiger partial charge in [0.15, 0.2) is 5.65 Å². The molecule has 17 heavy (non-hydrogen) atoms. The number of hydrogen-bond acceptors (Lipinski definition) is 6. The summed E-state index contributed by atoms with van der Waals surface area (Å²) in [4.78, 5) is 10.7. The van der Waals surface area contributed by atoms with E-state index in [2.05, 4.69) is 30.5 Å². The Hall–Kier alpha value is -1.89. The molecule has 1 aliphatic carbocycles. The number of rotatable bonds is 4. The maximum absolute atomic E-state index is 5.36. The Morgan fingerprint density at radius 1 is 1.53 bits per heavy atom. The molecule has 7 nitrogen and oxygen atoms in total. The number of aromatic amines is 1. The Bertz CT molecular complexity index is 530. The second-order valence-electron chi connectivity index (χ2n) is 4.47. The third-order valence-electron chi connectivity index (χ3n) is 3.01. The molecule has 1 aliphatic rings. The van der Waals surface area contributed by atoms with E-state index < -0.39 is 0 Å². The lowest BCUT2D eigenvalue weighted by atomic mass is 10.3. The van der Waals surface area contributed by atoms with E-state index in [1.165, 1.54) is 12.8 Å². The van der Waals surface area contributed by atoms with Crippen LogP contribution >= 0.6 is 0 Å². The zero-order valence-electron chi connectivity index (χ0n) is 9.64. The highest BCUT2D eigenvalue weighted by molar-refractivity contribution is 5.87. The molecule has 0 amide bonds. The van der Waals surface area contributed by atoms with Crippen molar-refractivity contribution in [1.82, 2.24) is 20.2 Å². The van der Waals surface area contributed by atoms with E-state index in [0.29, 0.717) is 11.6 Å². The first-order valence-electron chi connectivity index (χ1n) is 5.67. The van der Waals surface area contributed by atoms with Crippen LogP contribution in [0.15, 0.2) is 6.20 Å². The van der Waals surface area contributed by atoms with Gasteiger partial charge in [0, 0.05) is 13.6 Å². The number of nitrogens with zero attached hydrogens (tertiary/aromatic N) is 4. The number of H-pyrrole nitrogens is 1. The fourth-order valence-corrected chi connectivity index (χ4v) is 1.95. The molecule has 0 bridgehead atoms. The Balaban J connectivity index is 2.01. The molecule has 0 atom stereocenters. The highest BCUT2D eigenvalue weighted by atomic mass is 15.3. The quantitative estimate of drug-likeness (QED) is 0.525. The molecule has 4 N–H and O–H groups in total. The lowest BCUT2D eigenvalue weighted by molar-refractivity contribution is 0.779. The molecular weight excluding hydrogens is 218 g/mol. The average molecular weight is 233 g/mol. The predicted molar refractivity (Wildman–Crippen MR) is 65.5 cm³/mol. The Kier molecular flexibility index (Phi) is 2.32. The van der Waals surface area contributed by atoms with Crippen molar-refractivity contribution in [2.24, 2.45) is 11.8 Å². The molecular formula is C10H15N7. The van der Waals surface area contributed by atoms with Crippen LogP contribution in [0.25, 0.3) is 11.0 Å². The van der Waals surface area contributed by atoms with Crippen molar-refractivity contribution in [2.75, 3.05) is 23.9 Å². The van der Waals surface area contributed by atoms with Gasteiger partial charge in [-0.05, 0) is 18.8 Å². The summed E-state index contributed by atoms with van der Waals surface area (Å²) in [5, 5.41) is 7.75. The number of fused-ring (bicyclic) bond motifs is 1. The van der Waals surface area contributed by atoms with Crippen LogP contribution in [0.1, 0.15) is 12.8 Å². The highest BCUT2D eigenvalue weighted by Gasteiger charge is 2.24. The zero-order valence-corrected chi connectivity index (χ0v) is 9.64. The maximum Gasteiger partial charge on any atom is 0.241 e. The summed E-state index contributed by atoms with van der Waals surface area (Å²) in [6.07, 6.45) is 4.37. The van der Waals surface area contributed by atoms with Gasteiger partial charge in [-0.2, -0.15) is 15.1 Å². The molecule has 7 heteroatoms. The van der Waals surface area contributed by atoms with E-state index in [1.807, 2.05) is 7.05 Å². The number of hydrazine groups is 1. The summed E-state index contributed by atoms with van der Waals surface area (Å²) < 4.78 is 0. The molecule has 0 aliphatic heterocycles. The van der Waals surface area contributed by atoms with Crippen LogP contribution in [-0.2, 0) is 0 Å². The second-order valence-corrected chi connectivity index (χ2v) is 4.47. The van der Waals surface area contributed by atoms with E-state index in [1.54, 1.807) is 6.20 Å². The van der Waals surface area contributed by atoms with Gasteiger partial charge in [0.1, 0.15) is 5.82 Å². The SMILES string of the molecule is CN(CC1CC1)c1nc(NN)nc2[nH]ncc12. The van der Waals surface area contributed by atoms with E-state index >= 15 is 0 Å². The summed E-state index contributed by atoms with van der Waals surface area (Å²) in [6.45, 7) is 1.02. The molecule has 2 aromatic rings. The highest BCUT2D eigenvalue weighted by Crippen LogP contribution is 2.32. The van der Waals surface area contributed by atoms with Crippen molar-refractivity contribution in [3.05, 3.63) is 6.20 Å². The number of nitrogens with one attached hydrogen (secondary N) is 2. The molecule has 90 valence electrons. The number of aromatic nitrogens is 4. The third kappa shape index (κ3) is 1.89. The molecule has 3 rings (SSSR count). The average Bonchev–Trinajstić information content (AvgIpc) is 3.02. The lowest BCUT2D eigenvalue weighted by Crippen LogP contribution is -2.22. The minimum Gasteiger partial charge on any atom is -0.359 e. The smallest absolute Gasteiger partial charge is 0.241 e. The van der Waals surface area contributed by atoms with Gasteiger partial charge in [0.25, 0.3) is 0 Å². The third-order valence-corrected chi connectivity index (χ3v) is 3.01. The van der Waals surface area contributed by atoms with Crippen LogP contribution in [0.4, 0.5) is 11.8 Å². The van der Waals surface area contributed by atoms with E-state index in [9.17, 15) is 0 Å². The van der Waals surface area contributed by atoms with Gasteiger partial charge < -0.3 is 4.90 Å². The fraction of sp³-hybridized carbons (Fsp3) is 0.500. The van der Waals surface area contributed by atoms with Gasteiger partial charge in [-0.25, -0.2) is 5.84 Å². The van der Waals surface area contributed by atoms with Gasteiger partial charge in [0.05, 0.1) is 11.6 Å². The van der Waals surface area contributed by atoms with Crippen molar-refractivity contribution < 1.29 is 0 Å². The molecule has 1 fully saturated rings. The van der Waals surface area contributed by atoms with Crippen molar-refractivity contribution in [3.63, 3.8) is 0 Å².